The summed E-state index contributed by atoms with van der Waals surface area (Å²) in [5, 5.41) is 5.30. The van der Waals surface area contributed by atoms with Gasteiger partial charge in [-0.25, -0.2) is 0 Å². The van der Waals surface area contributed by atoms with Crippen LogP contribution in [0.15, 0.2) is 0 Å². The summed E-state index contributed by atoms with van der Waals surface area (Å²) >= 11 is 0. The number of carbonyl (C=O) groups excluding carboxylic acids is 2. The molecule has 0 aromatic rings. The highest BCUT2D eigenvalue weighted by atomic mass is 16.2. The Hall–Kier alpha value is -1.06. The van der Waals surface area contributed by atoms with Crippen molar-refractivity contribution in [2.45, 2.75) is 26.2 Å². The Labute approximate surface area is 78.1 Å². The molecule has 13 heavy (non-hydrogen) atoms. The van der Waals surface area contributed by atoms with E-state index >= 15 is 0 Å². The Morgan fingerprint density at radius 1 is 1.31 bits per heavy atom. The summed E-state index contributed by atoms with van der Waals surface area (Å²) < 4.78 is 0. The van der Waals surface area contributed by atoms with Crippen LogP contribution in [0.25, 0.3) is 0 Å². The minimum atomic E-state index is -0.101. The smallest absolute Gasteiger partial charge is 0.239 e. The molecule has 0 aliphatic heterocycles. The first-order valence-electron chi connectivity index (χ1n) is 4.78. The summed E-state index contributed by atoms with van der Waals surface area (Å²) in [5.41, 5.74) is 0. The Morgan fingerprint density at radius 3 is 2.54 bits per heavy atom. The van der Waals surface area contributed by atoms with Crippen molar-refractivity contribution in [3.63, 3.8) is 0 Å². The standard InChI is InChI=1S/C9H16N2O2/c1-2-5-10-8(12)6-11-9(13)7-3-4-7/h7H,2-6H2,1H3,(H,10,12)(H,11,13). The number of amides is 2. The number of hydrogen-bond donors (Lipinski definition) is 2. The van der Waals surface area contributed by atoms with Crippen molar-refractivity contribution in [2.24, 2.45) is 5.92 Å². The molecule has 2 amide bonds. The van der Waals surface area contributed by atoms with Crippen LogP contribution in [0, 0.1) is 5.92 Å². The van der Waals surface area contributed by atoms with Crippen molar-refractivity contribution in [3.8, 4) is 0 Å². The molecule has 4 heteroatoms. The molecule has 1 aliphatic carbocycles. The first kappa shape index (κ1) is 10.0. The number of carbonyl (C=O) groups is 2. The normalized spacial score (nSPS) is 15.2. The average Bonchev–Trinajstić information content (AvgIpc) is 2.93. The topological polar surface area (TPSA) is 58.2 Å². The van der Waals surface area contributed by atoms with Crippen LogP contribution in [0.4, 0.5) is 0 Å². The minimum Gasteiger partial charge on any atom is -0.355 e. The SMILES string of the molecule is CCCNC(=O)CNC(=O)C1CC1. The molecule has 0 atom stereocenters. The third-order valence-electron chi connectivity index (χ3n) is 1.94. The second-order valence-corrected chi connectivity index (χ2v) is 3.34. The van der Waals surface area contributed by atoms with Gasteiger partial charge in [-0.15, -0.1) is 0 Å². The fourth-order valence-corrected chi connectivity index (χ4v) is 0.984. The molecule has 2 N–H and O–H groups in total. The average molecular weight is 184 g/mol. The second kappa shape index (κ2) is 4.84. The summed E-state index contributed by atoms with van der Waals surface area (Å²) in [4.78, 5) is 22.1. The number of nitrogens with one attached hydrogen (secondary N) is 2. The van der Waals surface area contributed by atoms with Gasteiger partial charge in [-0.05, 0) is 19.3 Å². The van der Waals surface area contributed by atoms with Crippen LogP contribution in [0.2, 0.25) is 0 Å². The van der Waals surface area contributed by atoms with Gasteiger partial charge in [-0.3, -0.25) is 9.59 Å². The molecular formula is C9H16N2O2. The molecular weight excluding hydrogens is 168 g/mol. The van der Waals surface area contributed by atoms with Crippen molar-refractivity contribution in [1.29, 1.82) is 0 Å². The van der Waals surface area contributed by atoms with Gasteiger partial charge < -0.3 is 10.6 Å². The van der Waals surface area contributed by atoms with E-state index in [1.54, 1.807) is 0 Å². The molecule has 0 spiro atoms. The molecule has 74 valence electrons. The van der Waals surface area contributed by atoms with Crippen molar-refractivity contribution in [1.82, 2.24) is 10.6 Å². The molecule has 0 aromatic heterocycles. The minimum absolute atomic E-state index is 0.0200. The molecule has 1 aliphatic rings. The van der Waals surface area contributed by atoms with E-state index in [1.807, 2.05) is 6.92 Å². The maximum absolute atomic E-state index is 11.1. The fourth-order valence-electron chi connectivity index (χ4n) is 0.984. The van der Waals surface area contributed by atoms with E-state index < -0.39 is 0 Å². The molecule has 1 fully saturated rings. The molecule has 0 aromatic carbocycles. The molecule has 1 rings (SSSR count). The van der Waals surface area contributed by atoms with Gasteiger partial charge in [0.05, 0.1) is 6.54 Å². The quantitative estimate of drug-likeness (QED) is 0.633. The van der Waals surface area contributed by atoms with Gasteiger partial charge in [-0.1, -0.05) is 6.92 Å². The maximum atomic E-state index is 11.1. The van der Waals surface area contributed by atoms with Crippen LogP contribution < -0.4 is 10.6 Å². The third kappa shape index (κ3) is 3.92. The van der Waals surface area contributed by atoms with E-state index in [9.17, 15) is 9.59 Å². The largest absolute Gasteiger partial charge is 0.355 e. The lowest BCUT2D eigenvalue weighted by molar-refractivity contribution is -0.126. The lowest BCUT2D eigenvalue weighted by Gasteiger charge is -2.04. The van der Waals surface area contributed by atoms with Gasteiger partial charge in [0.2, 0.25) is 11.8 Å². The number of hydrogen-bond acceptors (Lipinski definition) is 2. The Balaban J connectivity index is 2.03. The van der Waals surface area contributed by atoms with Crippen molar-refractivity contribution < 1.29 is 9.59 Å². The zero-order chi connectivity index (χ0) is 9.68. The predicted molar refractivity (Wildman–Crippen MR) is 49.0 cm³/mol. The lowest BCUT2D eigenvalue weighted by atomic mass is 10.4. The summed E-state index contributed by atoms with van der Waals surface area (Å²) in [6, 6.07) is 0. The Morgan fingerprint density at radius 2 is 2.00 bits per heavy atom. The summed E-state index contributed by atoms with van der Waals surface area (Å²) in [6.07, 6.45) is 2.87. The van der Waals surface area contributed by atoms with Crippen LogP contribution >= 0.6 is 0 Å². The zero-order valence-corrected chi connectivity index (χ0v) is 7.93. The van der Waals surface area contributed by atoms with Crippen molar-refractivity contribution in [3.05, 3.63) is 0 Å². The van der Waals surface area contributed by atoms with E-state index in [4.69, 9.17) is 0 Å². The fraction of sp³-hybridized carbons (Fsp3) is 0.778. The second-order valence-electron chi connectivity index (χ2n) is 3.34. The molecule has 4 nitrogen and oxygen atoms in total. The van der Waals surface area contributed by atoms with Crippen molar-refractivity contribution >= 4 is 11.8 Å². The first-order valence-corrected chi connectivity index (χ1v) is 4.78. The number of rotatable bonds is 5. The van der Waals surface area contributed by atoms with Crippen LogP contribution in [0.1, 0.15) is 26.2 Å². The van der Waals surface area contributed by atoms with Gasteiger partial charge in [-0.2, -0.15) is 0 Å². The third-order valence-corrected chi connectivity index (χ3v) is 1.94. The van der Waals surface area contributed by atoms with Crippen LogP contribution in [0.3, 0.4) is 0 Å². The monoisotopic (exact) mass is 184 g/mol. The highest BCUT2D eigenvalue weighted by Gasteiger charge is 2.29. The Bertz CT molecular complexity index is 200. The highest BCUT2D eigenvalue weighted by molar-refractivity contribution is 5.86. The summed E-state index contributed by atoms with van der Waals surface area (Å²) in [6.45, 7) is 2.79. The van der Waals surface area contributed by atoms with Crippen LogP contribution in [-0.4, -0.2) is 24.9 Å². The molecule has 0 bridgehead atoms. The molecule has 0 radical (unpaired) electrons. The van der Waals surface area contributed by atoms with E-state index in [1.165, 1.54) is 0 Å². The van der Waals surface area contributed by atoms with Crippen LogP contribution in [-0.2, 0) is 9.59 Å². The Kier molecular flexibility index (Phi) is 3.73. The van der Waals surface area contributed by atoms with E-state index in [0.29, 0.717) is 6.54 Å². The van der Waals surface area contributed by atoms with E-state index in [-0.39, 0.29) is 24.3 Å². The van der Waals surface area contributed by atoms with Gasteiger partial charge in [0.25, 0.3) is 0 Å². The van der Waals surface area contributed by atoms with E-state index in [2.05, 4.69) is 10.6 Å². The van der Waals surface area contributed by atoms with Gasteiger partial charge >= 0.3 is 0 Å². The van der Waals surface area contributed by atoms with Crippen LogP contribution in [0.5, 0.6) is 0 Å². The van der Waals surface area contributed by atoms with Gasteiger partial charge in [0.15, 0.2) is 0 Å². The lowest BCUT2D eigenvalue weighted by Crippen LogP contribution is -2.37. The van der Waals surface area contributed by atoms with Gasteiger partial charge in [0.1, 0.15) is 0 Å². The zero-order valence-electron chi connectivity index (χ0n) is 7.93. The van der Waals surface area contributed by atoms with E-state index in [0.717, 1.165) is 19.3 Å². The van der Waals surface area contributed by atoms with Gasteiger partial charge in [0, 0.05) is 12.5 Å². The molecule has 0 saturated heterocycles. The summed E-state index contributed by atoms with van der Waals surface area (Å²) in [7, 11) is 0. The molecule has 0 heterocycles. The maximum Gasteiger partial charge on any atom is 0.239 e. The predicted octanol–water partition coefficient (Wildman–Crippen LogP) is 0.0388. The summed E-state index contributed by atoms with van der Waals surface area (Å²) in [5.74, 6) is 0.0986. The highest BCUT2D eigenvalue weighted by Crippen LogP contribution is 2.28. The molecule has 0 unspecified atom stereocenters. The first-order chi connectivity index (χ1) is 6.24. The molecule has 1 saturated carbocycles. The van der Waals surface area contributed by atoms with Crippen molar-refractivity contribution in [2.75, 3.05) is 13.1 Å².